The molecule has 15 heteroatoms. The highest BCUT2D eigenvalue weighted by Gasteiger charge is 2.70. The Hall–Kier alpha value is -2.34. The largest absolute Gasteiger partial charge is 0.457 e. The molecule has 0 bridgehead atoms. The summed E-state index contributed by atoms with van der Waals surface area (Å²) in [6, 6.07) is 0. The zero-order chi connectivity index (χ0) is 35.1. The second kappa shape index (κ2) is 16.6. The Morgan fingerprint density at radius 3 is 2.10 bits per heavy atom. The van der Waals surface area contributed by atoms with E-state index in [1.807, 2.05) is 6.92 Å². The maximum atomic E-state index is 14.2. The summed E-state index contributed by atoms with van der Waals surface area (Å²) in [5.74, 6) is -1.63. The van der Waals surface area contributed by atoms with Gasteiger partial charge in [0.2, 0.25) is 5.78 Å². The van der Waals surface area contributed by atoms with Gasteiger partial charge in [0.05, 0.1) is 30.1 Å². The molecular weight excluding hydrogens is 632 g/mol. The first-order chi connectivity index (χ1) is 22.7. The van der Waals surface area contributed by atoms with E-state index in [4.69, 9.17) is 30.3 Å². The minimum Gasteiger partial charge on any atom is -0.457 e. The Bertz CT molecular complexity index is 1190. The summed E-state index contributed by atoms with van der Waals surface area (Å²) in [5.41, 5.74) is -1.75. The van der Waals surface area contributed by atoms with Crippen molar-refractivity contribution in [1.82, 2.24) is 10.8 Å². The molecule has 0 radical (unpaired) electrons. The number of aliphatic hydroxyl groups excluding tert-OH is 1. The molecular formula is C33H52N2O13. The van der Waals surface area contributed by atoms with E-state index in [0.717, 1.165) is 18.4 Å². The number of hydrogen-bond acceptors (Lipinski definition) is 15. The molecule has 5 N–H and O–H groups in total. The normalized spacial score (nSPS) is 32.8. The number of esters is 2. The molecule has 0 spiro atoms. The van der Waals surface area contributed by atoms with Gasteiger partial charge in [-0.25, -0.2) is 0 Å². The van der Waals surface area contributed by atoms with Crippen molar-refractivity contribution in [2.24, 2.45) is 28.6 Å². The number of unbranched alkanes of at least 4 members (excludes halogenated alkanes) is 4. The second-order valence-electron chi connectivity index (χ2n) is 14.3. The average Bonchev–Trinajstić information content (AvgIpc) is 3.31. The van der Waals surface area contributed by atoms with Crippen LogP contribution in [0.1, 0.15) is 110 Å². The summed E-state index contributed by atoms with van der Waals surface area (Å²) in [7, 11) is 0. The number of hydrogen-bond donors (Lipinski definition) is 5. The number of carbonyl (C=O) groups excluding carboxylic acids is 4. The highest BCUT2D eigenvalue weighted by molar-refractivity contribution is 5.93. The van der Waals surface area contributed by atoms with Crippen LogP contribution in [0.4, 0.5) is 0 Å². The number of fused-ring (bicyclic) bond motifs is 5. The molecule has 0 aromatic rings. The number of Topliss-reactive ketones (excluding diaryl/α,β-unsaturated/α-hetero) is 1. The summed E-state index contributed by atoms with van der Waals surface area (Å²) >= 11 is 0. The molecule has 4 aliphatic rings. The topological polar surface area (TPSA) is 213 Å². The Morgan fingerprint density at radius 2 is 1.48 bits per heavy atom. The molecule has 15 nitrogen and oxygen atoms in total. The highest BCUT2D eigenvalue weighted by atomic mass is 17.1. The molecule has 4 rings (SSSR count). The van der Waals surface area contributed by atoms with Gasteiger partial charge in [-0.3, -0.25) is 49.7 Å². The Morgan fingerprint density at radius 1 is 0.854 bits per heavy atom. The average molecular weight is 685 g/mol. The lowest BCUT2D eigenvalue weighted by Gasteiger charge is -2.60. The van der Waals surface area contributed by atoms with Crippen LogP contribution in [-0.4, -0.2) is 91.7 Å². The number of ether oxygens (including phenoxy) is 2. The van der Waals surface area contributed by atoms with Gasteiger partial charge in [-0.15, -0.1) is 0 Å². The maximum Gasteiger partial charge on any atom is 0.306 e. The first kappa shape index (κ1) is 38.5. The number of allylic oxidation sites excluding steroid dienone is 1. The summed E-state index contributed by atoms with van der Waals surface area (Å²) in [6.45, 7) is 3.58. The molecule has 2 unspecified atom stereocenters. The van der Waals surface area contributed by atoms with Crippen molar-refractivity contribution in [3.05, 3.63) is 11.6 Å². The maximum absolute atomic E-state index is 14.2. The Balaban J connectivity index is 1.47. The van der Waals surface area contributed by atoms with Gasteiger partial charge in [0.25, 0.3) is 0 Å². The zero-order valence-corrected chi connectivity index (χ0v) is 28.0. The third-order valence-electron chi connectivity index (χ3n) is 11.6. The van der Waals surface area contributed by atoms with E-state index in [2.05, 4.69) is 16.6 Å². The molecule has 272 valence electrons. The minimum atomic E-state index is -1.60. The van der Waals surface area contributed by atoms with E-state index in [-0.39, 0.29) is 78.6 Å². The smallest absolute Gasteiger partial charge is 0.306 e. The van der Waals surface area contributed by atoms with Crippen LogP contribution in [0, 0.1) is 28.6 Å². The molecule has 0 heterocycles. The van der Waals surface area contributed by atoms with Crippen LogP contribution >= 0.6 is 0 Å². The molecule has 48 heavy (non-hydrogen) atoms. The van der Waals surface area contributed by atoms with Gasteiger partial charge in [-0.2, -0.15) is 0 Å². The summed E-state index contributed by atoms with van der Waals surface area (Å²) in [5, 5.41) is 45.6. The van der Waals surface area contributed by atoms with Crippen LogP contribution in [0.15, 0.2) is 11.6 Å². The third kappa shape index (κ3) is 8.50. The van der Waals surface area contributed by atoms with E-state index < -0.39 is 41.4 Å². The Labute approximate surface area is 280 Å². The van der Waals surface area contributed by atoms with E-state index >= 15 is 0 Å². The fourth-order valence-electron chi connectivity index (χ4n) is 9.33. The molecule has 0 aliphatic heterocycles. The monoisotopic (exact) mass is 684 g/mol. The number of aliphatic hydroxyl groups is 1. The standard InChI is InChI=1S/C33H52N2O13/c1-31-15-13-23(36)19-22(31)11-12-24-25-14-16-33(32(25,2)20-26(37)30(24)31,48-29(40)10-6-4-8-18-47-35(43)44)27(38)21-45-28(39)9-5-3-7-17-46-34(41)42/h19,24-26,30,37,41-44H,3-18,20-21H2,1-2H3/t24?,25?,26-,30+,31-,32-,33-/m0/s1. The van der Waals surface area contributed by atoms with Gasteiger partial charge < -0.3 is 14.6 Å². The molecule has 4 aliphatic carbocycles. The van der Waals surface area contributed by atoms with Crippen molar-refractivity contribution in [2.75, 3.05) is 19.8 Å². The summed E-state index contributed by atoms with van der Waals surface area (Å²) in [6.07, 6.45) is 7.53. The quantitative estimate of drug-likeness (QED) is 0.0783. The van der Waals surface area contributed by atoms with Crippen LogP contribution in [0.2, 0.25) is 0 Å². The molecule has 0 aromatic carbocycles. The van der Waals surface area contributed by atoms with Gasteiger partial charge in [0.1, 0.15) is 0 Å². The second-order valence-corrected chi connectivity index (χ2v) is 14.3. The van der Waals surface area contributed by atoms with Gasteiger partial charge in [0, 0.05) is 24.7 Å². The number of ketones is 2. The van der Waals surface area contributed by atoms with E-state index in [1.165, 1.54) is 0 Å². The van der Waals surface area contributed by atoms with Crippen LogP contribution in [0.25, 0.3) is 0 Å². The lowest BCUT2D eigenvalue weighted by molar-refractivity contribution is -0.492. The van der Waals surface area contributed by atoms with E-state index in [0.29, 0.717) is 57.8 Å². The minimum absolute atomic E-state index is 0.0143. The van der Waals surface area contributed by atoms with Crippen molar-refractivity contribution in [2.45, 2.75) is 122 Å². The van der Waals surface area contributed by atoms with Crippen LogP contribution in [0.3, 0.4) is 0 Å². The highest BCUT2D eigenvalue weighted by Crippen LogP contribution is 2.68. The lowest BCUT2D eigenvalue weighted by atomic mass is 9.45. The van der Waals surface area contributed by atoms with Crippen molar-refractivity contribution < 1.29 is 64.3 Å². The molecule has 0 aromatic heterocycles. The van der Waals surface area contributed by atoms with Crippen LogP contribution in [-0.2, 0) is 38.3 Å². The first-order valence-corrected chi connectivity index (χ1v) is 17.2. The van der Waals surface area contributed by atoms with Crippen LogP contribution < -0.4 is 0 Å². The SMILES string of the molecule is C[C@]12CCC(=O)C=C1CCC1C3CC[C@](OC(=O)CCCCCON(O)O)(C(=O)COC(=O)CCCCCON(O)O)[C@@]3(C)C[C@H](O)[C@@H]12. The van der Waals surface area contributed by atoms with Crippen LogP contribution in [0.5, 0.6) is 0 Å². The number of rotatable bonds is 18. The van der Waals surface area contributed by atoms with Gasteiger partial charge in [-0.1, -0.05) is 32.3 Å². The van der Waals surface area contributed by atoms with Crippen molar-refractivity contribution in [3.63, 3.8) is 0 Å². The van der Waals surface area contributed by atoms with Crippen molar-refractivity contribution in [3.8, 4) is 0 Å². The molecule has 0 saturated heterocycles. The Kier molecular flexibility index (Phi) is 13.3. The molecule has 3 fully saturated rings. The predicted octanol–water partition coefficient (Wildman–Crippen LogP) is 4.03. The predicted molar refractivity (Wildman–Crippen MR) is 163 cm³/mol. The van der Waals surface area contributed by atoms with Crippen molar-refractivity contribution >= 4 is 23.5 Å². The summed E-state index contributed by atoms with van der Waals surface area (Å²) < 4.78 is 11.6. The van der Waals surface area contributed by atoms with Crippen molar-refractivity contribution in [1.29, 1.82) is 0 Å². The fraction of sp³-hybridized carbons (Fsp3) is 0.818. The molecule has 7 atom stereocenters. The van der Waals surface area contributed by atoms with Gasteiger partial charge >= 0.3 is 11.9 Å². The molecule has 0 amide bonds. The number of carbonyl (C=O) groups is 4. The zero-order valence-electron chi connectivity index (χ0n) is 28.0. The van der Waals surface area contributed by atoms with E-state index in [1.54, 1.807) is 6.08 Å². The summed E-state index contributed by atoms with van der Waals surface area (Å²) in [4.78, 5) is 61.4. The van der Waals surface area contributed by atoms with E-state index in [9.17, 15) is 24.3 Å². The number of nitrogens with zero attached hydrogens (tertiary/aromatic N) is 2. The fourth-order valence-corrected chi connectivity index (χ4v) is 9.33. The first-order valence-electron chi connectivity index (χ1n) is 17.2. The van der Waals surface area contributed by atoms with Gasteiger partial charge in [0.15, 0.2) is 18.0 Å². The van der Waals surface area contributed by atoms with Gasteiger partial charge in [-0.05, 0) is 93.5 Å². The lowest BCUT2D eigenvalue weighted by Crippen LogP contribution is -2.63. The third-order valence-corrected chi connectivity index (χ3v) is 11.6. The molecule has 3 saturated carbocycles.